The first-order chi connectivity index (χ1) is 15.6. The predicted molar refractivity (Wildman–Crippen MR) is 133 cm³/mol. The summed E-state index contributed by atoms with van der Waals surface area (Å²) >= 11 is 12.0. The molecule has 0 N–H and O–H groups in total. The second-order valence-corrected chi connectivity index (χ2v) is 8.33. The van der Waals surface area contributed by atoms with Gasteiger partial charge >= 0.3 is 0 Å². The van der Waals surface area contributed by atoms with E-state index >= 15 is 0 Å². The maximum atomic E-state index is 6.13. The first-order valence-corrected chi connectivity index (χ1v) is 11.2. The van der Waals surface area contributed by atoms with Crippen molar-refractivity contribution in [2.24, 2.45) is 0 Å². The summed E-state index contributed by atoms with van der Waals surface area (Å²) in [6.07, 6.45) is 6.45. The molecule has 0 aliphatic rings. The van der Waals surface area contributed by atoms with Gasteiger partial charge in [0.2, 0.25) is 0 Å². The summed E-state index contributed by atoms with van der Waals surface area (Å²) in [5.41, 5.74) is 4.32. The first kappa shape index (κ1) is 22.1. The number of methoxy groups -OCH3 is 1. The van der Waals surface area contributed by atoms with Crippen molar-refractivity contribution in [3.8, 4) is 11.4 Å². The Hall–Kier alpha value is -3.09. The third kappa shape index (κ3) is 4.87. The van der Waals surface area contributed by atoms with Gasteiger partial charge in [-0.2, -0.15) is 0 Å². The number of aromatic nitrogens is 3. The molecular weight excluding hydrogens is 440 g/mol. The molecule has 32 heavy (non-hydrogen) atoms. The highest BCUT2D eigenvalue weighted by Crippen LogP contribution is 2.24. The number of nitrogens with zero attached hydrogens (tertiary/aromatic N) is 4. The fourth-order valence-electron chi connectivity index (χ4n) is 3.72. The summed E-state index contributed by atoms with van der Waals surface area (Å²) in [7, 11) is 3.77. The molecule has 0 bridgehead atoms. The Bertz CT molecular complexity index is 1240. The van der Waals surface area contributed by atoms with Crippen molar-refractivity contribution in [1.82, 2.24) is 14.1 Å². The highest BCUT2D eigenvalue weighted by atomic mass is 35.5. The zero-order chi connectivity index (χ0) is 22.5. The van der Waals surface area contributed by atoms with Crippen molar-refractivity contribution in [3.63, 3.8) is 0 Å². The number of likely N-dealkylation sites (N-methyl/N-ethyl adjacent to an activating group) is 1. The monoisotopic (exact) mass is 464 g/mol. The van der Waals surface area contributed by atoms with Crippen molar-refractivity contribution in [1.29, 1.82) is 0 Å². The molecule has 164 valence electrons. The average Bonchev–Trinajstić information content (AvgIpc) is 3.13. The van der Waals surface area contributed by atoms with Crippen LogP contribution >= 0.6 is 23.8 Å². The van der Waals surface area contributed by atoms with Gasteiger partial charge in [-0.1, -0.05) is 29.8 Å². The van der Waals surface area contributed by atoms with Crippen LogP contribution in [-0.4, -0.2) is 34.8 Å². The lowest BCUT2D eigenvalue weighted by Crippen LogP contribution is -2.22. The van der Waals surface area contributed by atoms with E-state index in [1.165, 1.54) is 0 Å². The number of hydrogen-bond donors (Lipinski definition) is 0. The first-order valence-electron chi connectivity index (χ1n) is 10.4. The Morgan fingerprint density at radius 3 is 2.47 bits per heavy atom. The van der Waals surface area contributed by atoms with Crippen molar-refractivity contribution < 1.29 is 4.74 Å². The SMILES string of the molecule is COc1ccccc1Cc1cn(CCN(C)c2ccncc2)c(=S)n1-c1ccc(Cl)cc1. The van der Waals surface area contributed by atoms with Crippen LogP contribution in [-0.2, 0) is 13.0 Å². The van der Waals surface area contributed by atoms with E-state index in [-0.39, 0.29) is 0 Å². The van der Waals surface area contributed by atoms with Gasteiger partial charge in [0.15, 0.2) is 4.77 Å². The van der Waals surface area contributed by atoms with Crippen LogP contribution < -0.4 is 9.64 Å². The lowest BCUT2D eigenvalue weighted by molar-refractivity contribution is 0.410. The smallest absolute Gasteiger partial charge is 0.184 e. The van der Waals surface area contributed by atoms with E-state index < -0.39 is 0 Å². The zero-order valence-corrected chi connectivity index (χ0v) is 19.7. The van der Waals surface area contributed by atoms with E-state index in [0.29, 0.717) is 11.4 Å². The molecule has 7 heteroatoms. The van der Waals surface area contributed by atoms with Crippen molar-refractivity contribution >= 4 is 29.5 Å². The van der Waals surface area contributed by atoms with Crippen molar-refractivity contribution in [3.05, 3.63) is 100 Å². The van der Waals surface area contributed by atoms with Gasteiger partial charge in [0.1, 0.15) is 5.75 Å². The van der Waals surface area contributed by atoms with Crippen LogP contribution in [0.5, 0.6) is 5.75 Å². The number of benzene rings is 2. The van der Waals surface area contributed by atoms with E-state index in [1.54, 1.807) is 19.5 Å². The molecular formula is C25H25ClN4OS. The fraction of sp³-hybridized carbons (Fsp3) is 0.200. The molecule has 0 aliphatic carbocycles. The minimum absolute atomic E-state index is 0.698. The summed E-state index contributed by atoms with van der Waals surface area (Å²) in [4.78, 5) is 6.29. The molecule has 0 spiro atoms. The highest BCUT2D eigenvalue weighted by molar-refractivity contribution is 7.71. The molecule has 4 aromatic rings. The predicted octanol–water partition coefficient (Wildman–Crippen LogP) is 5.79. The Morgan fingerprint density at radius 1 is 1.03 bits per heavy atom. The molecule has 2 aromatic heterocycles. The van der Waals surface area contributed by atoms with Gasteiger partial charge in [0.05, 0.1) is 7.11 Å². The van der Waals surface area contributed by atoms with E-state index in [1.807, 2.05) is 54.6 Å². The van der Waals surface area contributed by atoms with Crippen LogP contribution in [0.15, 0.2) is 79.3 Å². The summed E-state index contributed by atoms with van der Waals surface area (Å²) in [5.74, 6) is 0.867. The quantitative estimate of drug-likeness (QED) is 0.309. The van der Waals surface area contributed by atoms with E-state index in [2.05, 4.69) is 38.3 Å². The van der Waals surface area contributed by atoms with Gasteiger partial charge in [-0.25, -0.2) is 0 Å². The van der Waals surface area contributed by atoms with Crippen LogP contribution in [0.3, 0.4) is 0 Å². The van der Waals surface area contributed by atoms with E-state index in [9.17, 15) is 0 Å². The Morgan fingerprint density at radius 2 is 1.75 bits per heavy atom. The van der Waals surface area contributed by atoms with Gasteiger partial charge in [-0.05, 0) is 54.7 Å². The number of pyridine rings is 1. The van der Waals surface area contributed by atoms with Gasteiger partial charge in [-0.15, -0.1) is 0 Å². The minimum atomic E-state index is 0.698. The number of hydrogen-bond acceptors (Lipinski definition) is 4. The summed E-state index contributed by atoms with van der Waals surface area (Å²) in [5, 5.41) is 0.699. The minimum Gasteiger partial charge on any atom is -0.496 e. The molecule has 0 unspecified atom stereocenters. The Balaban J connectivity index is 1.68. The van der Waals surface area contributed by atoms with Crippen LogP contribution in [0.25, 0.3) is 5.69 Å². The number of imidazole rings is 1. The average molecular weight is 465 g/mol. The molecule has 4 rings (SSSR count). The van der Waals surface area contributed by atoms with Crippen LogP contribution in [0, 0.1) is 4.77 Å². The van der Waals surface area contributed by atoms with Crippen LogP contribution in [0.4, 0.5) is 5.69 Å². The molecule has 0 saturated carbocycles. The number of para-hydroxylation sites is 1. The molecule has 5 nitrogen and oxygen atoms in total. The second kappa shape index (κ2) is 10.0. The highest BCUT2D eigenvalue weighted by Gasteiger charge is 2.14. The van der Waals surface area contributed by atoms with Gasteiger partial charge in [0, 0.05) is 72.8 Å². The summed E-state index contributed by atoms with van der Waals surface area (Å²) < 4.78 is 10.6. The topological polar surface area (TPSA) is 35.2 Å². The van der Waals surface area contributed by atoms with Crippen molar-refractivity contribution in [2.45, 2.75) is 13.0 Å². The molecule has 0 radical (unpaired) electrons. The van der Waals surface area contributed by atoms with E-state index in [0.717, 1.165) is 46.2 Å². The second-order valence-electron chi connectivity index (χ2n) is 7.52. The summed E-state index contributed by atoms with van der Waals surface area (Å²) in [6.45, 7) is 1.58. The normalized spacial score (nSPS) is 10.8. The molecule has 0 fully saturated rings. The number of halogens is 1. The maximum absolute atomic E-state index is 6.13. The molecule has 0 atom stereocenters. The standard InChI is InChI=1S/C25H25ClN4OS/c1-28(21-11-13-27-14-12-21)15-16-29-18-23(17-19-5-3-4-6-24(19)31-2)30(25(29)32)22-9-7-20(26)8-10-22/h3-14,18H,15-17H2,1-2H3. The molecule has 0 aliphatic heterocycles. The third-order valence-electron chi connectivity index (χ3n) is 5.46. The fourth-order valence-corrected chi connectivity index (χ4v) is 4.22. The summed E-state index contributed by atoms with van der Waals surface area (Å²) in [6, 6.07) is 19.9. The number of ether oxygens (including phenoxy) is 1. The lowest BCUT2D eigenvalue weighted by Gasteiger charge is -2.19. The lowest BCUT2D eigenvalue weighted by atomic mass is 10.1. The van der Waals surface area contributed by atoms with E-state index in [4.69, 9.17) is 28.6 Å². The Kier molecular flexibility index (Phi) is 6.93. The molecule has 2 heterocycles. The van der Waals surface area contributed by atoms with Gasteiger partial charge < -0.3 is 14.2 Å². The third-order valence-corrected chi connectivity index (χ3v) is 6.13. The zero-order valence-electron chi connectivity index (χ0n) is 18.1. The number of rotatable bonds is 8. The molecule has 0 saturated heterocycles. The maximum Gasteiger partial charge on any atom is 0.184 e. The molecule has 2 aromatic carbocycles. The molecule has 0 amide bonds. The van der Waals surface area contributed by atoms with Gasteiger partial charge in [0.25, 0.3) is 0 Å². The van der Waals surface area contributed by atoms with Crippen LogP contribution in [0.2, 0.25) is 5.02 Å². The van der Waals surface area contributed by atoms with Gasteiger partial charge in [-0.3, -0.25) is 9.55 Å². The largest absolute Gasteiger partial charge is 0.496 e. The Labute approximate surface area is 198 Å². The van der Waals surface area contributed by atoms with Crippen LogP contribution in [0.1, 0.15) is 11.3 Å². The van der Waals surface area contributed by atoms with Crippen molar-refractivity contribution in [2.75, 3.05) is 25.6 Å². The number of anilines is 1.